The van der Waals surface area contributed by atoms with Gasteiger partial charge in [-0.3, -0.25) is 9.59 Å². The second-order valence-corrected chi connectivity index (χ2v) is 5.11. The van der Waals surface area contributed by atoms with E-state index in [-0.39, 0.29) is 24.2 Å². The molecule has 96 valence electrons. The SMILES string of the molecule is CN1CC(C(=O)Nc2ccc(Cl)c(Cl)c2)CC1=O. The predicted molar refractivity (Wildman–Crippen MR) is 70.8 cm³/mol. The first-order valence-electron chi connectivity index (χ1n) is 5.47. The first kappa shape index (κ1) is 13.2. The van der Waals surface area contributed by atoms with Crippen molar-refractivity contribution in [3.63, 3.8) is 0 Å². The van der Waals surface area contributed by atoms with Crippen LogP contribution in [0.15, 0.2) is 18.2 Å². The van der Waals surface area contributed by atoms with Gasteiger partial charge in [0.2, 0.25) is 11.8 Å². The van der Waals surface area contributed by atoms with Gasteiger partial charge >= 0.3 is 0 Å². The Labute approximate surface area is 115 Å². The summed E-state index contributed by atoms with van der Waals surface area (Å²) in [7, 11) is 1.69. The molecule has 1 fully saturated rings. The molecule has 1 unspecified atom stereocenters. The van der Waals surface area contributed by atoms with Gasteiger partial charge in [0.15, 0.2) is 0 Å². The third-order valence-corrected chi connectivity index (χ3v) is 3.64. The average Bonchev–Trinajstić information content (AvgIpc) is 2.65. The molecule has 1 atom stereocenters. The molecule has 1 aliphatic rings. The zero-order chi connectivity index (χ0) is 13.3. The number of carbonyl (C=O) groups excluding carboxylic acids is 2. The summed E-state index contributed by atoms with van der Waals surface area (Å²) in [6.45, 7) is 0.450. The van der Waals surface area contributed by atoms with Gasteiger partial charge in [-0.05, 0) is 18.2 Å². The lowest BCUT2D eigenvalue weighted by Gasteiger charge is -2.11. The normalized spacial score (nSPS) is 19.2. The van der Waals surface area contributed by atoms with Gasteiger partial charge in [0, 0.05) is 25.7 Å². The lowest BCUT2D eigenvalue weighted by Crippen LogP contribution is -2.25. The van der Waals surface area contributed by atoms with Crippen LogP contribution in [-0.4, -0.2) is 30.3 Å². The van der Waals surface area contributed by atoms with Crippen LogP contribution < -0.4 is 5.32 Å². The van der Waals surface area contributed by atoms with Crippen LogP contribution in [0.2, 0.25) is 10.0 Å². The first-order chi connectivity index (χ1) is 8.47. The number of hydrogen-bond donors (Lipinski definition) is 1. The predicted octanol–water partition coefficient (Wildman–Crippen LogP) is 2.41. The summed E-state index contributed by atoms with van der Waals surface area (Å²) in [6.07, 6.45) is 0.254. The van der Waals surface area contributed by atoms with Gasteiger partial charge in [0.1, 0.15) is 0 Å². The van der Waals surface area contributed by atoms with E-state index < -0.39 is 0 Å². The molecular weight excluding hydrogens is 275 g/mol. The number of anilines is 1. The minimum absolute atomic E-state index is 0.00992. The fourth-order valence-corrected chi connectivity index (χ4v) is 2.16. The highest BCUT2D eigenvalue weighted by Gasteiger charge is 2.32. The summed E-state index contributed by atoms with van der Waals surface area (Å²) in [5, 5.41) is 3.55. The summed E-state index contributed by atoms with van der Waals surface area (Å²) in [5.41, 5.74) is 0.580. The van der Waals surface area contributed by atoms with E-state index in [0.717, 1.165) is 0 Å². The number of halogens is 2. The highest BCUT2D eigenvalue weighted by molar-refractivity contribution is 6.42. The summed E-state index contributed by atoms with van der Waals surface area (Å²) < 4.78 is 0. The number of benzene rings is 1. The van der Waals surface area contributed by atoms with Crippen molar-refractivity contribution < 1.29 is 9.59 Å². The van der Waals surface area contributed by atoms with Crippen LogP contribution in [0.1, 0.15) is 6.42 Å². The second-order valence-electron chi connectivity index (χ2n) is 4.29. The molecule has 1 N–H and O–H groups in total. The van der Waals surface area contributed by atoms with Gasteiger partial charge in [-0.1, -0.05) is 23.2 Å². The quantitative estimate of drug-likeness (QED) is 0.908. The molecular formula is C12H12Cl2N2O2. The van der Waals surface area contributed by atoms with Crippen LogP contribution in [0.25, 0.3) is 0 Å². The Kier molecular flexibility index (Phi) is 3.78. The first-order valence-corrected chi connectivity index (χ1v) is 6.23. The summed E-state index contributed by atoms with van der Waals surface area (Å²) in [6, 6.07) is 4.88. The number of rotatable bonds is 2. The molecule has 0 aromatic heterocycles. The van der Waals surface area contributed by atoms with Crippen LogP contribution in [-0.2, 0) is 9.59 Å². The van der Waals surface area contributed by atoms with E-state index >= 15 is 0 Å². The van der Waals surface area contributed by atoms with E-state index in [1.165, 1.54) is 0 Å². The fraction of sp³-hybridized carbons (Fsp3) is 0.333. The molecule has 0 aliphatic carbocycles. The molecule has 6 heteroatoms. The van der Waals surface area contributed by atoms with Crippen molar-refractivity contribution in [1.29, 1.82) is 0 Å². The van der Waals surface area contributed by atoms with Crippen LogP contribution in [0.3, 0.4) is 0 Å². The van der Waals surface area contributed by atoms with Crippen LogP contribution in [0.4, 0.5) is 5.69 Å². The maximum Gasteiger partial charge on any atom is 0.229 e. The van der Waals surface area contributed by atoms with Gasteiger partial charge in [-0.2, -0.15) is 0 Å². The monoisotopic (exact) mass is 286 g/mol. The lowest BCUT2D eigenvalue weighted by molar-refractivity contribution is -0.127. The zero-order valence-electron chi connectivity index (χ0n) is 9.74. The molecule has 2 rings (SSSR count). The van der Waals surface area contributed by atoms with Gasteiger partial charge in [-0.15, -0.1) is 0 Å². The Morgan fingerprint density at radius 1 is 1.39 bits per heavy atom. The van der Waals surface area contributed by atoms with Gasteiger partial charge in [0.25, 0.3) is 0 Å². The average molecular weight is 287 g/mol. The molecule has 4 nitrogen and oxygen atoms in total. The van der Waals surface area contributed by atoms with Crippen LogP contribution >= 0.6 is 23.2 Å². The van der Waals surface area contributed by atoms with E-state index in [2.05, 4.69) is 5.32 Å². The van der Waals surface area contributed by atoms with Crippen molar-refractivity contribution in [1.82, 2.24) is 4.90 Å². The molecule has 0 bridgehead atoms. The second kappa shape index (κ2) is 5.16. The van der Waals surface area contributed by atoms with Crippen LogP contribution in [0, 0.1) is 5.92 Å². The molecule has 1 aromatic rings. The Bertz CT molecular complexity index is 505. The van der Waals surface area contributed by atoms with Crippen molar-refractivity contribution in [3.05, 3.63) is 28.2 Å². The zero-order valence-corrected chi connectivity index (χ0v) is 11.3. The minimum atomic E-state index is -0.308. The molecule has 18 heavy (non-hydrogen) atoms. The van der Waals surface area contributed by atoms with E-state index in [4.69, 9.17) is 23.2 Å². The number of likely N-dealkylation sites (tertiary alicyclic amines) is 1. The van der Waals surface area contributed by atoms with Gasteiger partial charge in [0.05, 0.1) is 16.0 Å². The van der Waals surface area contributed by atoms with Gasteiger partial charge < -0.3 is 10.2 Å². The summed E-state index contributed by atoms with van der Waals surface area (Å²) in [4.78, 5) is 24.8. The minimum Gasteiger partial charge on any atom is -0.345 e. The standard InChI is InChI=1S/C12H12Cl2N2O2/c1-16-6-7(4-11(16)17)12(18)15-8-2-3-9(13)10(14)5-8/h2-3,5,7H,4,6H2,1H3,(H,15,18). The molecule has 0 spiro atoms. The highest BCUT2D eigenvalue weighted by atomic mass is 35.5. The maximum atomic E-state index is 11.9. The topological polar surface area (TPSA) is 49.4 Å². The third kappa shape index (κ3) is 2.76. The van der Waals surface area contributed by atoms with E-state index in [0.29, 0.717) is 22.3 Å². The number of hydrogen-bond acceptors (Lipinski definition) is 2. The molecule has 1 saturated heterocycles. The molecule has 1 aliphatic heterocycles. The Balaban J connectivity index is 2.03. The Morgan fingerprint density at radius 2 is 2.11 bits per heavy atom. The molecule has 0 radical (unpaired) electrons. The smallest absolute Gasteiger partial charge is 0.229 e. The number of carbonyl (C=O) groups is 2. The van der Waals surface area contributed by atoms with Crippen LogP contribution in [0.5, 0.6) is 0 Å². The van der Waals surface area contributed by atoms with Crippen molar-refractivity contribution >= 4 is 40.7 Å². The van der Waals surface area contributed by atoms with E-state index in [1.54, 1.807) is 30.1 Å². The molecule has 0 saturated carbocycles. The van der Waals surface area contributed by atoms with Crippen molar-refractivity contribution in [2.45, 2.75) is 6.42 Å². The third-order valence-electron chi connectivity index (χ3n) is 2.90. The van der Waals surface area contributed by atoms with Crippen molar-refractivity contribution in [2.24, 2.45) is 5.92 Å². The molecule has 1 heterocycles. The number of nitrogens with zero attached hydrogens (tertiary/aromatic N) is 1. The lowest BCUT2D eigenvalue weighted by atomic mass is 10.1. The largest absolute Gasteiger partial charge is 0.345 e. The van der Waals surface area contributed by atoms with Crippen molar-refractivity contribution in [3.8, 4) is 0 Å². The molecule has 1 aromatic carbocycles. The summed E-state index contributed by atoms with van der Waals surface area (Å²) in [5.74, 6) is -0.493. The maximum absolute atomic E-state index is 11.9. The van der Waals surface area contributed by atoms with E-state index in [9.17, 15) is 9.59 Å². The number of nitrogens with one attached hydrogen (secondary N) is 1. The Hall–Kier alpha value is -1.26. The Morgan fingerprint density at radius 3 is 2.67 bits per heavy atom. The summed E-state index contributed by atoms with van der Waals surface area (Å²) >= 11 is 11.6. The number of amides is 2. The molecule has 2 amide bonds. The van der Waals surface area contributed by atoms with E-state index in [1.807, 2.05) is 0 Å². The van der Waals surface area contributed by atoms with Gasteiger partial charge in [-0.25, -0.2) is 0 Å². The fourth-order valence-electron chi connectivity index (χ4n) is 1.86. The van der Waals surface area contributed by atoms with Crippen molar-refractivity contribution in [2.75, 3.05) is 18.9 Å². The highest BCUT2D eigenvalue weighted by Crippen LogP contribution is 2.26.